The molecule has 7 heavy (non-hydrogen) atoms. The Morgan fingerprint density at radius 2 is 1.86 bits per heavy atom. The van der Waals surface area contributed by atoms with Gasteiger partial charge in [0.2, 0.25) is 0 Å². The maximum absolute atomic E-state index is 5.52. The molecule has 0 aromatic heterocycles. The summed E-state index contributed by atoms with van der Waals surface area (Å²) in [7, 11) is 0. The fourth-order valence-electron chi connectivity index (χ4n) is 0.835. The fourth-order valence-corrected chi connectivity index (χ4v) is 0.835. The lowest BCUT2D eigenvalue weighted by Crippen LogP contribution is -2.23. The first kappa shape index (κ1) is 4.85. The first-order valence-electron chi connectivity index (χ1n) is 2.82. The summed E-state index contributed by atoms with van der Waals surface area (Å²) in [5.74, 6) is 0. The quantitative estimate of drug-likeness (QED) is 0.447. The Morgan fingerprint density at radius 1 is 1.29 bits per heavy atom. The van der Waals surface area contributed by atoms with Crippen molar-refractivity contribution in [2.75, 3.05) is 0 Å². The summed E-state index contributed by atoms with van der Waals surface area (Å²) in [5, 5.41) is 0. The van der Waals surface area contributed by atoms with Crippen LogP contribution in [-0.2, 0) is 0 Å². The molecule has 0 amide bonds. The summed E-state index contributed by atoms with van der Waals surface area (Å²) < 4.78 is 0. The van der Waals surface area contributed by atoms with E-state index in [1.54, 1.807) is 0 Å². The predicted octanol–water partition coefficient (Wildman–Crippen LogP) is 0.906. The predicted molar refractivity (Wildman–Crippen MR) is 30.4 cm³/mol. The van der Waals surface area contributed by atoms with Crippen molar-refractivity contribution in [1.82, 2.24) is 0 Å². The van der Waals surface area contributed by atoms with Gasteiger partial charge in [0.25, 0.3) is 6.04 Å². The molecule has 1 saturated carbocycles. The molecule has 0 aromatic rings. The topological polar surface area (TPSA) is 26.0 Å². The first-order valence-corrected chi connectivity index (χ1v) is 2.82. The summed E-state index contributed by atoms with van der Waals surface area (Å²) in [6.07, 6.45) is 8.02. The minimum Gasteiger partial charge on any atom is -0.251 e. The van der Waals surface area contributed by atoms with Crippen molar-refractivity contribution in [3.05, 3.63) is 12.8 Å². The van der Waals surface area contributed by atoms with Crippen LogP contribution in [0.1, 0.15) is 19.3 Å². The van der Waals surface area contributed by atoms with Crippen LogP contribution >= 0.6 is 0 Å². The molecule has 2 N–H and O–H groups in total. The Kier molecular flexibility index (Phi) is 1.47. The molecule has 0 saturated heterocycles. The Hall–Kier alpha value is -0.300. The van der Waals surface area contributed by atoms with Crippen molar-refractivity contribution in [3.8, 4) is 0 Å². The molecule has 0 aromatic carbocycles. The molecule has 1 nitrogen and oxygen atoms in total. The van der Waals surface area contributed by atoms with Crippen LogP contribution in [-0.4, -0.2) is 6.04 Å². The van der Waals surface area contributed by atoms with Crippen molar-refractivity contribution in [1.29, 1.82) is 0 Å². The molecular formula is C6H11N+2. The summed E-state index contributed by atoms with van der Waals surface area (Å²) >= 11 is 0. The molecule has 0 radical (unpaired) electrons. The lowest BCUT2D eigenvalue weighted by atomic mass is 9.97. The molecule has 0 spiro atoms. The highest BCUT2D eigenvalue weighted by molar-refractivity contribution is 4.95. The summed E-state index contributed by atoms with van der Waals surface area (Å²) in [6.45, 7) is 0. The van der Waals surface area contributed by atoms with E-state index >= 15 is 0 Å². The molecule has 1 aliphatic carbocycles. The molecule has 0 heterocycles. The third kappa shape index (κ3) is 1.32. The number of nitrogens with two attached hydrogens (primary N) is 1. The van der Waals surface area contributed by atoms with Crippen LogP contribution in [0.3, 0.4) is 0 Å². The SMILES string of the molecule is NC1[CH+]CCC[CH+]1. The second-order valence-electron chi connectivity index (χ2n) is 1.98. The van der Waals surface area contributed by atoms with Gasteiger partial charge in [-0.3, -0.25) is 5.73 Å². The molecule has 0 aliphatic heterocycles. The van der Waals surface area contributed by atoms with Crippen LogP contribution in [0.5, 0.6) is 0 Å². The standard InChI is InChI=1S/C6H11N/c7-6-4-2-1-3-5-6/h4-6H,1-3,7H2/q+2. The third-order valence-electron chi connectivity index (χ3n) is 1.29. The molecule has 1 heteroatoms. The van der Waals surface area contributed by atoms with Gasteiger partial charge in [-0.2, -0.15) is 0 Å². The van der Waals surface area contributed by atoms with Gasteiger partial charge < -0.3 is 0 Å². The second-order valence-corrected chi connectivity index (χ2v) is 1.98. The van der Waals surface area contributed by atoms with E-state index < -0.39 is 0 Å². The largest absolute Gasteiger partial charge is 0.278 e. The average Bonchev–Trinajstić information content (AvgIpc) is 1.69. The minimum atomic E-state index is 0.286. The molecular weight excluding hydrogens is 86.1 g/mol. The zero-order valence-electron chi connectivity index (χ0n) is 4.43. The number of rotatable bonds is 0. The highest BCUT2D eigenvalue weighted by Gasteiger charge is 2.24. The van der Waals surface area contributed by atoms with Gasteiger partial charge in [-0.25, -0.2) is 0 Å². The van der Waals surface area contributed by atoms with E-state index in [1.807, 2.05) is 0 Å². The number of hydrogen-bond donors (Lipinski definition) is 1. The molecule has 1 rings (SSSR count). The monoisotopic (exact) mass is 97.1 g/mol. The zero-order valence-corrected chi connectivity index (χ0v) is 4.43. The van der Waals surface area contributed by atoms with Gasteiger partial charge >= 0.3 is 0 Å². The Bertz CT molecular complexity index is 46.1. The van der Waals surface area contributed by atoms with E-state index in [2.05, 4.69) is 12.8 Å². The van der Waals surface area contributed by atoms with Gasteiger partial charge in [0.1, 0.15) is 12.8 Å². The van der Waals surface area contributed by atoms with E-state index in [-0.39, 0.29) is 6.04 Å². The van der Waals surface area contributed by atoms with Crippen LogP contribution in [0.25, 0.3) is 0 Å². The fraction of sp³-hybridized carbons (Fsp3) is 0.667. The van der Waals surface area contributed by atoms with E-state index in [0.29, 0.717) is 0 Å². The van der Waals surface area contributed by atoms with Crippen LogP contribution in [0, 0.1) is 12.8 Å². The van der Waals surface area contributed by atoms with Crippen molar-refractivity contribution in [3.63, 3.8) is 0 Å². The Morgan fingerprint density at radius 3 is 2.14 bits per heavy atom. The Labute approximate surface area is 44.9 Å². The van der Waals surface area contributed by atoms with Crippen molar-refractivity contribution in [2.24, 2.45) is 5.73 Å². The smallest absolute Gasteiger partial charge is 0.251 e. The normalized spacial score (nSPS) is 23.0. The van der Waals surface area contributed by atoms with Gasteiger partial charge in [-0.1, -0.05) is 0 Å². The van der Waals surface area contributed by atoms with E-state index in [0.717, 1.165) is 0 Å². The van der Waals surface area contributed by atoms with Gasteiger partial charge in [0.15, 0.2) is 0 Å². The zero-order chi connectivity index (χ0) is 5.11. The van der Waals surface area contributed by atoms with Crippen molar-refractivity contribution >= 4 is 0 Å². The van der Waals surface area contributed by atoms with Gasteiger partial charge in [-0.15, -0.1) is 0 Å². The molecule has 0 bridgehead atoms. The van der Waals surface area contributed by atoms with Crippen LogP contribution < -0.4 is 5.73 Å². The third-order valence-corrected chi connectivity index (χ3v) is 1.29. The number of hydrogen-bond acceptors (Lipinski definition) is 1. The molecule has 1 aliphatic rings. The van der Waals surface area contributed by atoms with E-state index in [1.165, 1.54) is 19.3 Å². The molecule has 0 atom stereocenters. The summed E-state index contributed by atoms with van der Waals surface area (Å²) in [5.41, 5.74) is 5.52. The van der Waals surface area contributed by atoms with Crippen LogP contribution in [0.15, 0.2) is 0 Å². The van der Waals surface area contributed by atoms with Crippen LogP contribution in [0.4, 0.5) is 0 Å². The Balaban J connectivity index is 2.12. The average molecular weight is 97.2 g/mol. The lowest BCUT2D eigenvalue weighted by Gasteiger charge is -1.98. The minimum absolute atomic E-state index is 0.286. The highest BCUT2D eigenvalue weighted by atomic mass is 14.6. The first-order chi connectivity index (χ1) is 3.39. The van der Waals surface area contributed by atoms with E-state index in [4.69, 9.17) is 5.73 Å². The molecule has 1 fully saturated rings. The lowest BCUT2D eigenvalue weighted by molar-refractivity contribution is 0.637. The van der Waals surface area contributed by atoms with Crippen molar-refractivity contribution in [2.45, 2.75) is 25.3 Å². The van der Waals surface area contributed by atoms with E-state index in [9.17, 15) is 0 Å². The maximum atomic E-state index is 5.52. The highest BCUT2D eigenvalue weighted by Crippen LogP contribution is 2.12. The van der Waals surface area contributed by atoms with Gasteiger partial charge in [-0.05, 0) is 0 Å². The van der Waals surface area contributed by atoms with Gasteiger partial charge in [0.05, 0.1) is 12.8 Å². The van der Waals surface area contributed by atoms with Gasteiger partial charge in [0, 0.05) is 6.42 Å². The second kappa shape index (κ2) is 2.12. The summed E-state index contributed by atoms with van der Waals surface area (Å²) in [4.78, 5) is 0. The maximum Gasteiger partial charge on any atom is 0.278 e. The van der Waals surface area contributed by atoms with Crippen LogP contribution in [0.2, 0.25) is 0 Å². The summed E-state index contributed by atoms with van der Waals surface area (Å²) in [6, 6.07) is 0.286. The molecule has 38 valence electrons. The molecule has 0 unspecified atom stereocenters. The van der Waals surface area contributed by atoms with Crippen molar-refractivity contribution < 1.29 is 0 Å².